The van der Waals surface area contributed by atoms with Crippen molar-refractivity contribution in [2.75, 3.05) is 11.9 Å². The number of H-pyrrole nitrogens is 1. The van der Waals surface area contributed by atoms with E-state index >= 15 is 0 Å². The first-order valence-electron chi connectivity index (χ1n) is 6.87. The van der Waals surface area contributed by atoms with Gasteiger partial charge in [-0.15, -0.1) is 0 Å². The Kier molecular flexibility index (Phi) is 3.71. The number of hydrogen-bond donors (Lipinski definition) is 3. The second kappa shape index (κ2) is 5.54. The van der Waals surface area contributed by atoms with Gasteiger partial charge in [0.2, 0.25) is 15.9 Å². The van der Waals surface area contributed by atoms with E-state index in [1.807, 2.05) is 6.92 Å². The molecule has 1 aromatic heterocycles. The van der Waals surface area contributed by atoms with E-state index in [0.29, 0.717) is 17.7 Å². The second-order valence-corrected chi connectivity index (χ2v) is 6.95. The Balaban J connectivity index is 1.68. The zero-order valence-corrected chi connectivity index (χ0v) is 12.8. The molecule has 1 aromatic carbocycles. The minimum Gasteiger partial charge on any atom is -0.346 e. The lowest BCUT2D eigenvalue weighted by Gasteiger charge is -2.07. The molecule has 0 radical (unpaired) electrons. The van der Waals surface area contributed by atoms with Crippen LogP contribution in [-0.2, 0) is 27.7 Å². The number of carbonyl (C=O) groups excluding carboxylic acids is 1. The van der Waals surface area contributed by atoms with Crippen molar-refractivity contribution in [1.29, 1.82) is 0 Å². The summed E-state index contributed by atoms with van der Waals surface area (Å²) in [7, 11) is -3.59. The molecule has 7 nitrogen and oxygen atoms in total. The lowest BCUT2D eigenvalue weighted by molar-refractivity contribution is -0.115. The SMILES string of the molecule is Cc1ncc(CCNS(=O)(=O)c2ccc3c(c2)CC(=O)N3)[nH]1. The lowest BCUT2D eigenvalue weighted by Crippen LogP contribution is -2.26. The van der Waals surface area contributed by atoms with E-state index < -0.39 is 10.0 Å². The van der Waals surface area contributed by atoms with Gasteiger partial charge in [0.1, 0.15) is 5.82 Å². The molecule has 0 unspecified atom stereocenters. The van der Waals surface area contributed by atoms with Crippen molar-refractivity contribution in [3.63, 3.8) is 0 Å². The molecule has 2 aromatic rings. The van der Waals surface area contributed by atoms with Gasteiger partial charge in [0.25, 0.3) is 0 Å². The highest BCUT2D eigenvalue weighted by molar-refractivity contribution is 7.89. The van der Waals surface area contributed by atoms with Gasteiger partial charge in [-0.3, -0.25) is 4.79 Å². The Morgan fingerprint density at radius 3 is 2.91 bits per heavy atom. The fourth-order valence-corrected chi connectivity index (χ4v) is 3.46. The predicted molar refractivity (Wildman–Crippen MR) is 81.0 cm³/mol. The molecule has 3 rings (SSSR count). The van der Waals surface area contributed by atoms with Gasteiger partial charge in [0.15, 0.2) is 0 Å². The van der Waals surface area contributed by atoms with Gasteiger partial charge in [0.05, 0.1) is 11.3 Å². The average Bonchev–Trinajstić information content (AvgIpc) is 3.02. The monoisotopic (exact) mass is 320 g/mol. The van der Waals surface area contributed by atoms with E-state index in [2.05, 4.69) is 20.0 Å². The molecule has 0 saturated carbocycles. The highest BCUT2D eigenvalue weighted by atomic mass is 32.2. The van der Waals surface area contributed by atoms with Crippen LogP contribution in [0.3, 0.4) is 0 Å². The van der Waals surface area contributed by atoms with Gasteiger partial charge in [0, 0.05) is 30.5 Å². The Bertz CT molecular complexity index is 826. The molecule has 22 heavy (non-hydrogen) atoms. The number of amides is 1. The number of aromatic nitrogens is 2. The van der Waals surface area contributed by atoms with Crippen LogP contribution < -0.4 is 10.0 Å². The van der Waals surface area contributed by atoms with Gasteiger partial charge >= 0.3 is 0 Å². The van der Waals surface area contributed by atoms with Gasteiger partial charge < -0.3 is 10.3 Å². The first kappa shape index (κ1) is 14.7. The first-order chi connectivity index (χ1) is 10.4. The van der Waals surface area contributed by atoms with Crippen LogP contribution in [0, 0.1) is 6.92 Å². The van der Waals surface area contributed by atoms with Gasteiger partial charge in [-0.05, 0) is 30.7 Å². The number of anilines is 1. The van der Waals surface area contributed by atoms with Crippen molar-refractivity contribution in [2.24, 2.45) is 0 Å². The topological polar surface area (TPSA) is 104 Å². The van der Waals surface area contributed by atoms with E-state index in [1.54, 1.807) is 12.3 Å². The number of nitrogens with one attached hydrogen (secondary N) is 3. The summed E-state index contributed by atoms with van der Waals surface area (Å²) in [5.41, 5.74) is 2.26. The third kappa shape index (κ3) is 3.02. The zero-order valence-electron chi connectivity index (χ0n) is 12.0. The maximum absolute atomic E-state index is 12.3. The fourth-order valence-electron chi connectivity index (χ4n) is 2.37. The number of benzene rings is 1. The summed E-state index contributed by atoms with van der Waals surface area (Å²) < 4.78 is 27.1. The Labute approximate surface area is 128 Å². The number of hydrogen-bond acceptors (Lipinski definition) is 4. The molecule has 0 atom stereocenters. The molecule has 0 bridgehead atoms. The molecule has 1 aliphatic rings. The van der Waals surface area contributed by atoms with Gasteiger partial charge in [-0.2, -0.15) is 0 Å². The van der Waals surface area contributed by atoms with Gasteiger partial charge in [-0.25, -0.2) is 18.1 Å². The largest absolute Gasteiger partial charge is 0.346 e. The van der Waals surface area contributed by atoms with Gasteiger partial charge in [-0.1, -0.05) is 0 Å². The summed E-state index contributed by atoms with van der Waals surface area (Å²) in [6.45, 7) is 2.12. The molecule has 1 amide bonds. The summed E-state index contributed by atoms with van der Waals surface area (Å²) in [6.07, 6.45) is 2.44. The molecule has 0 fully saturated rings. The van der Waals surface area contributed by atoms with Crippen LogP contribution in [-0.4, -0.2) is 30.8 Å². The number of imidazole rings is 1. The Morgan fingerprint density at radius 1 is 1.36 bits per heavy atom. The molecule has 2 heterocycles. The summed E-state index contributed by atoms with van der Waals surface area (Å²) >= 11 is 0. The maximum atomic E-state index is 12.3. The standard InChI is InChI=1S/C14H16N4O3S/c1-9-15-8-11(17-9)4-5-16-22(20,21)12-2-3-13-10(6-12)7-14(19)18-13/h2-3,6,8,16H,4-5,7H2,1H3,(H,15,17)(H,18,19). The van der Waals surface area contributed by atoms with Crippen LogP contribution in [0.1, 0.15) is 17.1 Å². The number of aromatic amines is 1. The van der Waals surface area contributed by atoms with Crippen LogP contribution in [0.2, 0.25) is 0 Å². The summed E-state index contributed by atoms with van der Waals surface area (Å²) in [4.78, 5) is 18.6. The molecule has 1 aliphatic heterocycles. The fraction of sp³-hybridized carbons (Fsp3) is 0.286. The molecule has 8 heteroatoms. The second-order valence-electron chi connectivity index (χ2n) is 5.19. The molecule has 116 valence electrons. The number of aryl methyl sites for hydroxylation is 1. The highest BCUT2D eigenvalue weighted by Gasteiger charge is 2.21. The smallest absolute Gasteiger partial charge is 0.240 e. The normalized spacial score (nSPS) is 14.0. The van der Waals surface area contributed by atoms with E-state index in [0.717, 1.165) is 11.5 Å². The van der Waals surface area contributed by atoms with Crippen molar-refractivity contribution < 1.29 is 13.2 Å². The van der Waals surface area contributed by atoms with Crippen LogP contribution in [0.25, 0.3) is 0 Å². The summed E-state index contributed by atoms with van der Waals surface area (Å²) in [5.74, 6) is 0.681. The molecular formula is C14H16N4O3S. The Morgan fingerprint density at radius 2 is 2.18 bits per heavy atom. The molecule has 0 aliphatic carbocycles. The summed E-state index contributed by atoms with van der Waals surface area (Å²) in [6, 6.07) is 4.65. The third-order valence-electron chi connectivity index (χ3n) is 3.45. The number of rotatable bonds is 5. The molecule has 3 N–H and O–H groups in total. The van der Waals surface area contributed by atoms with Crippen molar-refractivity contribution >= 4 is 21.6 Å². The van der Waals surface area contributed by atoms with Crippen LogP contribution in [0.15, 0.2) is 29.3 Å². The quantitative estimate of drug-likeness (QED) is 0.755. The molecular weight excluding hydrogens is 304 g/mol. The highest BCUT2D eigenvalue weighted by Crippen LogP contribution is 2.25. The Hall–Kier alpha value is -2.19. The number of nitrogens with zero attached hydrogens (tertiary/aromatic N) is 1. The van der Waals surface area contributed by atoms with Crippen molar-refractivity contribution in [2.45, 2.75) is 24.7 Å². The van der Waals surface area contributed by atoms with Crippen molar-refractivity contribution in [1.82, 2.24) is 14.7 Å². The lowest BCUT2D eigenvalue weighted by atomic mass is 10.2. The third-order valence-corrected chi connectivity index (χ3v) is 4.91. The minimum absolute atomic E-state index is 0.118. The minimum atomic E-state index is -3.59. The van der Waals surface area contributed by atoms with Crippen LogP contribution >= 0.6 is 0 Å². The zero-order chi connectivity index (χ0) is 15.7. The van der Waals surface area contributed by atoms with E-state index in [4.69, 9.17) is 0 Å². The first-order valence-corrected chi connectivity index (χ1v) is 8.35. The average molecular weight is 320 g/mol. The van der Waals surface area contributed by atoms with E-state index in [-0.39, 0.29) is 23.8 Å². The number of fused-ring (bicyclic) bond motifs is 1. The van der Waals surface area contributed by atoms with Crippen molar-refractivity contribution in [3.05, 3.63) is 41.5 Å². The van der Waals surface area contributed by atoms with E-state index in [1.165, 1.54) is 12.1 Å². The van der Waals surface area contributed by atoms with Crippen LogP contribution in [0.5, 0.6) is 0 Å². The molecule has 0 spiro atoms. The predicted octanol–water partition coefficient (Wildman–Crippen LogP) is 0.734. The number of sulfonamides is 1. The van der Waals surface area contributed by atoms with E-state index in [9.17, 15) is 13.2 Å². The van der Waals surface area contributed by atoms with Crippen LogP contribution in [0.4, 0.5) is 5.69 Å². The van der Waals surface area contributed by atoms with Crippen molar-refractivity contribution in [3.8, 4) is 0 Å². The maximum Gasteiger partial charge on any atom is 0.240 e. The molecule has 0 saturated heterocycles. The summed E-state index contributed by atoms with van der Waals surface area (Å²) in [5, 5.41) is 2.68. The number of carbonyl (C=O) groups is 1.